The highest BCUT2D eigenvalue weighted by Gasteiger charge is 2.15. The van der Waals surface area contributed by atoms with E-state index in [-0.39, 0.29) is 0 Å². The lowest BCUT2D eigenvalue weighted by Gasteiger charge is -2.23. The fourth-order valence-corrected chi connectivity index (χ4v) is 2.02. The number of fused-ring (bicyclic) bond motifs is 1. The Morgan fingerprint density at radius 3 is 3.08 bits per heavy atom. The molecule has 1 aliphatic rings. The molecule has 2 rings (SSSR count). The molecule has 0 aliphatic carbocycles. The Kier molecular flexibility index (Phi) is 2.36. The molecule has 1 atom stereocenters. The van der Waals surface area contributed by atoms with Crippen LogP contribution in [-0.4, -0.2) is 6.54 Å². The van der Waals surface area contributed by atoms with Crippen LogP contribution < -0.4 is 5.32 Å². The molecule has 70 valence electrons. The Balaban J connectivity index is 2.41. The van der Waals surface area contributed by atoms with Crippen LogP contribution in [0.4, 0.5) is 0 Å². The smallest absolute Gasteiger partial charge is 0.0208 e. The summed E-state index contributed by atoms with van der Waals surface area (Å²) in [7, 11) is 0. The van der Waals surface area contributed by atoms with Crippen LogP contribution >= 0.6 is 0 Å². The maximum atomic E-state index is 3.43. The third kappa shape index (κ3) is 1.61. The van der Waals surface area contributed by atoms with Crippen molar-refractivity contribution in [1.82, 2.24) is 5.32 Å². The predicted octanol–water partition coefficient (Wildman–Crippen LogP) is 2.46. The first-order valence-corrected chi connectivity index (χ1v) is 5.13. The maximum Gasteiger partial charge on any atom is 0.0208 e. The van der Waals surface area contributed by atoms with E-state index in [4.69, 9.17) is 0 Å². The molecule has 1 unspecified atom stereocenters. The highest BCUT2D eigenvalue weighted by molar-refractivity contribution is 5.36. The molecule has 0 amide bonds. The van der Waals surface area contributed by atoms with Crippen molar-refractivity contribution in [1.29, 1.82) is 0 Å². The van der Waals surface area contributed by atoms with Crippen LogP contribution in [0.1, 0.15) is 36.5 Å². The van der Waals surface area contributed by atoms with Crippen LogP contribution in [0.2, 0.25) is 0 Å². The number of nitrogens with one attached hydrogen (secondary N) is 1. The van der Waals surface area contributed by atoms with Crippen molar-refractivity contribution in [2.45, 2.75) is 32.7 Å². The van der Waals surface area contributed by atoms with Crippen molar-refractivity contribution in [3.63, 3.8) is 0 Å². The lowest BCUT2D eigenvalue weighted by Crippen LogP contribution is -2.26. The summed E-state index contributed by atoms with van der Waals surface area (Å²) >= 11 is 0. The van der Waals surface area contributed by atoms with Crippen molar-refractivity contribution in [3.8, 4) is 0 Å². The zero-order valence-electron chi connectivity index (χ0n) is 8.43. The van der Waals surface area contributed by atoms with Gasteiger partial charge in [-0.15, -0.1) is 0 Å². The van der Waals surface area contributed by atoms with Gasteiger partial charge < -0.3 is 5.32 Å². The average molecular weight is 175 g/mol. The van der Waals surface area contributed by atoms with E-state index in [0.717, 1.165) is 19.5 Å². The first kappa shape index (κ1) is 8.76. The molecule has 0 aromatic heterocycles. The Morgan fingerprint density at radius 2 is 2.31 bits per heavy atom. The van der Waals surface area contributed by atoms with Gasteiger partial charge in [-0.05, 0) is 29.0 Å². The fraction of sp³-hybridized carbons (Fsp3) is 0.500. The summed E-state index contributed by atoms with van der Waals surface area (Å²) in [6.07, 6.45) is 1.15. The Morgan fingerprint density at radius 1 is 1.46 bits per heavy atom. The number of hydrogen-bond donors (Lipinski definition) is 1. The van der Waals surface area contributed by atoms with Crippen molar-refractivity contribution in [2.75, 3.05) is 6.54 Å². The van der Waals surface area contributed by atoms with E-state index in [9.17, 15) is 0 Å². The number of aryl methyl sites for hydroxylation is 1. The maximum absolute atomic E-state index is 3.43. The Labute approximate surface area is 80.2 Å². The molecular formula is C12H17N. The number of rotatable bonds is 1. The van der Waals surface area contributed by atoms with E-state index in [1.807, 2.05) is 0 Å². The fourth-order valence-electron chi connectivity index (χ4n) is 2.02. The van der Waals surface area contributed by atoms with Gasteiger partial charge in [0, 0.05) is 13.1 Å². The summed E-state index contributed by atoms with van der Waals surface area (Å²) in [5, 5.41) is 3.43. The Hall–Kier alpha value is -0.820. The van der Waals surface area contributed by atoms with Gasteiger partial charge in [0.05, 0.1) is 0 Å². The minimum Gasteiger partial charge on any atom is -0.312 e. The SMILES string of the molecule is CCc1ccc2c(c1)C(C)CNC2. The molecule has 1 aliphatic heterocycles. The van der Waals surface area contributed by atoms with Crippen LogP contribution in [0.5, 0.6) is 0 Å². The predicted molar refractivity (Wildman–Crippen MR) is 55.9 cm³/mol. The second-order valence-electron chi connectivity index (χ2n) is 3.92. The van der Waals surface area contributed by atoms with Crippen molar-refractivity contribution in [2.24, 2.45) is 0 Å². The summed E-state index contributed by atoms with van der Waals surface area (Å²) in [6, 6.07) is 6.90. The largest absolute Gasteiger partial charge is 0.312 e. The molecule has 0 radical (unpaired) electrons. The zero-order valence-corrected chi connectivity index (χ0v) is 8.43. The number of hydrogen-bond acceptors (Lipinski definition) is 1. The summed E-state index contributed by atoms with van der Waals surface area (Å²) in [5.74, 6) is 0.676. The summed E-state index contributed by atoms with van der Waals surface area (Å²) in [6.45, 7) is 6.68. The topological polar surface area (TPSA) is 12.0 Å². The van der Waals surface area contributed by atoms with Crippen LogP contribution in [0.25, 0.3) is 0 Å². The normalized spacial score (nSPS) is 21.2. The molecule has 1 N–H and O–H groups in total. The van der Waals surface area contributed by atoms with Crippen LogP contribution in [0, 0.1) is 0 Å². The van der Waals surface area contributed by atoms with Gasteiger partial charge in [-0.3, -0.25) is 0 Å². The van der Waals surface area contributed by atoms with Crippen LogP contribution in [0.3, 0.4) is 0 Å². The van der Waals surface area contributed by atoms with E-state index in [1.165, 1.54) is 11.1 Å². The van der Waals surface area contributed by atoms with E-state index >= 15 is 0 Å². The first-order valence-electron chi connectivity index (χ1n) is 5.13. The summed E-state index contributed by atoms with van der Waals surface area (Å²) < 4.78 is 0. The van der Waals surface area contributed by atoms with Gasteiger partial charge in [-0.2, -0.15) is 0 Å². The molecule has 1 heterocycles. The lowest BCUT2D eigenvalue weighted by molar-refractivity contribution is 0.570. The van der Waals surface area contributed by atoms with Crippen molar-refractivity contribution >= 4 is 0 Å². The third-order valence-corrected chi connectivity index (χ3v) is 2.92. The molecular weight excluding hydrogens is 158 g/mol. The van der Waals surface area contributed by atoms with Gasteiger partial charge >= 0.3 is 0 Å². The Bertz CT molecular complexity index is 304. The molecule has 0 bridgehead atoms. The molecule has 1 heteroatoms. The molecule has 13 heavy (non-hydrogen) atoms. The minimum atomic E-state index is 0.676. The second-order valence-corrected chi connectivity index (χ2v) is 3.92. The standard InChI is InChI=1S/C12H17N/c1-3-10-4-5-11-8-13-7-9(2)12(11)6-10/h4-6,9,13H,3,7-8H2,1-2H3. The summed E-state index contributed by atoms with van der Waals surface area (Å²) in [4.78, 5) is 0. The van der Waals surface area contributed by atoms with E-state index < -0.39 is 0 Å². The quantitative estimate of drug-likeness (QED) is 0.691. The molecule has 0 spiro atoms. The van der Waals surface area contributed by atoms with Crippen LogP contribution in [0.15, 0.2) is 18.2 Å². The van der Waals surface area contributed by atoms with Gasteiger partial charge in [-0.25, -0.2) is 0 Å². The minimum absolute atomic E-state index is 0.676. The molecule has 1 aromatic carbocycles. The lowest BCUT2D eigenvalue weighted by atomic mass is 9.90. The van der Waals surface area contributed by atoms with Crippen LogP contribution in [-0.2, 0) is 13.0 Å². The van der Waals surface area contributed by atoms with Gasteiger partial charge in [0.15, 0.2) is 0 Å². The van der Waals surface area contributed by atoms with Gasteiger partial charge in [0.25, 0.3) is 0 Å². The monoisotopic (exact) mass is 175 g/mol. The van der Waals surface area contributed by atoms with Gasteiger partial charge in [0.1, 0.15) is 0 Å². The molecule has 0 fully saturated rings. The van der Waals surface area contributed by atoms with Crippen molar-refractivity contribution < 1.29 is 0 Å². The number of benzene rings is 1. The van der Waals surface area contributed by atoms with E-state index in [0.29, 0.717) is 5.92 Å². The van der Waals surface area contributed by atoms with Gasteiger partial charge in [0.2, 0.25) is 0 Å². The zero-order chi connectivity index (χ0) is 9.26. The first-order chi connectivity index (χ1) is 6.31. The highest BCUT2D eigenvalue weighted by Crippen LogP contribution is 2.24. The molecule has 0 saturated heterocycles. The second kappa shape index (κ2) is 3.51. The third-order valence-electron chi connectivity index (χ3n) is 2.92. The average Bonchev–Trinajstić information content (AvgIpc) is 2.18. The van der Waals surface area contributed by atoms with Crippen molar-refractivity contribution in [3.05, 3.63) is 34.9 Å². The molecule has 0 saturated carbocycles. The van der Waals surface area contributed by atoms with Gasteiger partial charge in [-0.1, -0.05) is 32.0 Å². The van der Waals surface area contributed by atoms with E-state index in [1.54, 1.807) is 5.56 Å². The molecule has 1 aromatic rings. The molecule has 1 nitrogen and oxygen atoms in total. The van der Waals surface area contributed by atoms with E-state index in [2.05, 4.69) is 37.4 Å². The highest BCUT2D eigenvalue weighted by atomic mass is 14.9. The summed E-state index contributed by atoms with van der Waals surface area (Å²) in [5.41, 5.74) is 4.50.